The first-order chi connectivity index (χ1) is 12.2. The van der Waals surface area contributed by atoms with Crippen molar-refractivity contribution in [2.75, 3.05) is 27.4 Å². The number of carbonyl (C=O) groups is 2. The molecule has 1 N–H and O–H groups in total. The van der Waals surface area contributed by atoms with Crippen LogP contribution >= 0.6 is 0 Å². The fourth-order valence-corrected chi connectivity index (χ4v) is 2.64. The molecule has 0 saturated carbocycles. The molecular formula is C17H19F3N2O4. The Morgan fingerprint density at radius 2 is 1.92 bits per heavy atom. The summed E-state index contributed by atoms with van der Waals surface area (Å²) >= 11 is 0. The van der Waals surface area contributed by atoms with E-state index in [1.165, 1.54) is 39.3 Å². The molecule has 1 atom stereocenters. The van der Waals surface area contributed by atoms with Gasteiger partial charge in [-0.1, -0.05) is 18.2 Å². The molecule has 1 aliphatic rings. The first-order valence-corrected chi connectivity index (χ1v) is 7.75. The third-order valence-corrected chi connectivity index (χ3v) is 4.07. The molecule has 6 nitrogen and oxygen atoms in total. The van der Waals surface area contributed by atoms with Gasteiger partial charge in [0.2, 0.25) is 0 Å². The highest BCUT2D eigenvalue weighted by Crippen LogP contribution is 2.39. The van der Waals surface area contributed by atoms with Crippen molar-refractivity contribution in [2.24, 2.45) is 0 Å². The average Bonchev–Trinajstić information content (AvgIpc) is 2.58. The van der Waals surface area contributed by atoms with Crippen molar-refractivity contribution in [2.45, 2.75) is 19.1 Å². The summed E-state index contributed by atoms with van der Waals surface area (Å²) in [5.41, 5.74) is -0.984. The van der Waals surface area contributed by atoms with Crippen LogP contribution in [0.2, 0.25) is 0 Å². The third kappa shape index (κ3) is 3.98. The number of allylic oxidation sites excluding steroid dienone is 1. The van der Waals surface area contributed by atoms with Gasteiger partial charge in [-0.2, -0.15) is 13.2 Å². The van der Waals surface area contributed by atoms with Crippen LogP contribution in [0, 0.1) is 0 Å². The number of carbonyl (C=O) groups excluding carboxylic acids is 2. The van der Waals surface area contributed by atoms with Crippen molar-refractivity contribution >= 4 is 12.0 Å². The van der Waals surface area contributed by atoms with E-state index in [0.717, 1.165) is 11.0 Å². The molecule has 9 heteroatoms. The molecule has 2 amide bonds. The van der Waals surface area contributed by atoms with E-state index in [1.54, 1.807) is 0 Å². The quantitative estimate of drug-likeness (QED) is 0.638. The smallest absolute Gasteiger partial charge is 0.416 e. The lowest BCUT2D eigenvalue weighted by atomic mass is 9.91. The summed E-state index contributed by atoms with van der Waals surface area (Å²) in [5.74, 6) is -0.812. The lowest BCUT2D eigenvalue weighted by molar-refractivity contribution is -0.142. The first-order valence-electron chi connectivity index (χ1n) is 7.75. The van der Waals surface area contributed by atoms with Gasteiger partial charge in [0.05, 0.1) is 23.8 Å². The van der Waals surface area contributed by atoms with E-state index < -0.39 is 29.8 Å². The van der Waals surface area contributed by atoms with Crippen LogP contribution in [0.25, 0.3) is 0 Å². The molecule has 0 fully saturated rings. The Morgan fingerprint density at radius 1 is 1.27 bits per heavy atom. The van der Waals surface area contributed by atoms with Crippen LogP contribution in [0.5, 0.6) is 0 Å². The Morgan fingerprint density at radius 3 is 2.54 bits per heavy atom. The van der Waals surface area contributed by atoms with Crippen molar-refractivity contribution < 1.29 is 32.2 Å². The lowest BCUT2D eigenvalue weighted by Crippen LogP contribution is -2.46. The number of urea groups is 1. The number of benzene rings is 1. The van der Waals surface area contributed by atoms with Gasteiger partial charge in [0.1, 0.15) is 6.61 Å². The largest absolute Gasteiger partial charge is 0.460 e. The molecule has 26 heavy (non-hydrogen) atoms. The van der Waals surface area contributed by atoms with Gasteiger partial charge in [0.15, 0.2) is 0 Å². The molecule has 1 unspecified atom stereocenters. The Hall–Kier alpha value is -2.55. The number of hydrogen-bond donors (Lipinski definition) is 1. The maximum atomic E-state index is 13.4. The second kappa shape index (κ2) is 7.77. The number of methoxy groups -OCH3 is 1. The Balaban J connectivity index is 2.52. The minimum absolute atomic E-state index is 0.0556. The van der Waals surface area contributed by atoms with Gasteiger partial charge >= 0.3 is 18.2 Å². The van der Waals surface area contributed by atoms with E-state index in [0.29, 0.717) is 0 Å². The topological polar surface area (TPSA) is 67.9 Å². The van der Waals surface area contributed by atoms with E-state index >= 15 is 0 Å². The molecule has 0 radical (unpaired) electrons. The van der Waals surface area contributed by atoms with Gasteiger partial charge in [0, 0.05) is 19.9 Å². The van der Waals surface area contributed by atoms with Gasteiger partial charge in [-0.25, -0.2) is 9.59 Å². The first kappa shape index (κ1) is 19.8. The molecule has 142 valence electrons. The maximum Gasteiger partial charge on any atom is 0.416 e. The Bertz CT molecular complexity index is 731. The Kier molecular flexibility index (Phi) is 5.91. The van der Waals surface area contributed by atoms with E-state index in [4.69, 9.17) is 9.47 Å². The van der Waals surface area contributed by atoms with E-state index in [1.807, 2.05) is 0 Å². The summed E-state index contributed by atoms with van der Waals surface area (Å²) < 4.78 is 50.0. The predicted octanol–water partition coefficient (Wildman–Crippen LogP) is 2.87. The fourth-order valence-electron chi connectivity index (χ4n) is 2.64. The number of alkyl halides is 3. The number of rotatable bonds is 5. The average molecular weight is 372 g/mol. The monoisotopic (exact) mass is 372 g/mol. The third-order valence-electron chi connectivity index (χ3n) is 4.07. The number of amides is 2. The maximum absolute atomic E-state index is 13.4. The SMILES string of the molecule is COCCOC(=O)C1=C(C)N(C)C(=O)NC1c1ccccc1C(F)(F)F. The van der Waals surface area contributed by atoms with Crippen molar-refractivity contribution in [3.05, 3.63) is 46.7 Å². The molecule has 1 aliphatic heterocycles. The van der Waals surface area contributed by atoms with Gasteiger partial charge in [-0.15, -0.1) is 0 Å². The highest BCUT2D eigenvalue weighted by Gasteiger charge is 2.41. The molecule has 0 saturated heterocycles. The Labute approximate surface area is 148 Å². The van der Waals surface area contributed by atoms with Gasteiger partial charge < -0.3 is 19.7 Å². The molecule has 1 aromatic carbocycles. The molecule has 2 rings (SSSR count). The molecule has 0 spiro atoms. The van der Waals surface area contributed by atoms with Crippen LogP contribution in [-0.2, 0) is 20.4 Å². The van der Waals surface area contributed by atoms with Crippen LogP contribution < -0.4 is 5.32 Å². The summed E-state index contributed by atoms with van der Waals surface area (Å²) in [6.07, 6.45) is -4.64. The number of nitrogens with one attached hydrogen (secondary N) is 1. The predicted molar refractivity (Wildman–Crippen MR) is 86.0 cm³/mol. The summed E-state index contributed by atoms with van der Waals surface area (Å²) in [7, 11) is 2.84. The van der Waals surface area contributed by atoms with Crippen LogP contribution in [0.3, 0.4) is 0 Å². The molecule has 0 aliphatic carbocycles. The highest BCUT2D eigenvalue weighted by atomic mass is 19.4. The van der Waals surface area contributed by atoms with Gasteiger partial charge in [0.25, 0.3) is 0 Å². The molecule has 0 aromatic heterocycles. The van der Waals surface area contributed by atoms with Crippen LogP contribution in [0.1, 0.15) is 24.1 Å². The summed E-state index contributed by atoms with van der Waals surface area (Å²) in [6.45, 7) is 1.57. The van der Waals surface area contributed by atoms with Crippen LogP contribution in [0.15, 0.2) is 35.5 Å². The summed E-state index contributed by atoms with van der Waals surface area (Å²) in [4.78, 5) is 25.7. The van der Waals surface area contributed by atoms with Gasteiger partial charge in [-0.3, -0.25) is 0 Å². The molecule has 1 aromatic rings. The standard InChI is InChI=1S/C17H19F3N2O4/c1-10-13(15(23)26-9-8-25-3)14(21-16(24)22(10)2)11-6-4-5-7-12(11)17(18,19)20/h4-7,14H,8-9H2,1-3H3,(H,21,24). The number of esters is 1. The highest BCUT2D eigenvalue weighted by molar-refractivity contribution is 5.95. The van der Waals surface area contributed by atoms with Crippen molar-refractivity contribution in [3.63, 3.8) is 0 Å². The minimum atomic E-state index is -4.64. The number of hydrogen-bond acceptors (Lipinski definition) is 4. The van der Waals surface area contributed by atoms with E-state index in [9.17, 15) is 22.8 Å². The zero-order valence-electron chi connectivity index (χ0n) is 14.5. The second-order valence-corrected chi connectivity index (χ2v) is 5.65. The minimum Gasteiger partial charge on any atom is -0.460 e. The normalized spacial score (nSPS) is 18.0. The van der Waals surface area contributed by atoms with Gasteiger partial charge in [-0.05, 0) is 18.6 Å². The molecular weight excluding hydrogens is 353 g/mol. The van der Waals surface area contributed by atoms with Crippen molar-refractivity contribution in [3.8, 4) is 0 Å². The fraction of sp³-hybridized carbons (Fsp3) is 0.412. The lowest BCUT2D eigenvalue weighted by Gasteiger charge is -2.34. The summed E-state index contributed by atoms with van der Waals surface area (Å²) in [6, 6.07) is 2.91. The molecule has 0 bridgehead atoms. The molecule has 1 heterocycles. The van der Waals surface area contributed by atoms with Crippen LogP contribution in [0.4, 0.5) is 18.0 Å². The number of halogens is 3. The van der Waals surface area contributed by atoms with E-state index in [2.05, 4.69) is 5.32 Å². The zero-order chi connectivity index (χ0) is 19.5. The van der Waals surface area contributed by atoms with Crippen LogP contribution in [-0.4, -0.2) is 44.3 Å². The van der Waals surface area contributed by atoms with Crippen molar-refractivity contribution in [1.82, 2.24) is 10.2 Å². The number of ether oxygens (including phenoxy) is 2. The van der Waals surface area contributed by atoms with E-state index in [-0.39, 0.29) is 30.0 Å². The zero-order valence-corrected chi connectivity index (χ0v) is 14.5. The number of nitrogens with zero attached hydrogens (tertiary/aromatic N) is 1. The van der Waals surface area contributed by atoms with Crippen molar-refractivity contribution in [1.29, 1.82) is 0 Å². The summed E-state index contributed by atoms with van der Waals surface area (Å²) in [5, 5.41) is 2.44. The second-order valence-electron chi connectivity index (χ2n) is 5.65.